The molecule has 1 heterocycles. The zero-order valence-electron chi connectivity index (χ0n) is 16.0. The second kappa shape index (κ2) is 9.06. The molecule has 0 saturated carbocycles. The molecule has 0 radical (unpaired) electrons. The lowest BCUT2D eigenvalue weighted by molar-refractivity contribution is -0.137. The molecule has 0 aliphatic rings. The molecule has 0 atom stereocenters. The maximum Gasteiger partial charge on any atom is 0.417 e. The van der Waals surface area contributed by atoms with Crippen LogP contribution in [0.25, 0.3) is 11.3 Å². The molecule has 0 saturated heterocycles. The number of Topliss-reactive ketones (excluding diaryl/α,β-unsaturated/α-hetero) is 1. The minimum Gasteiger partial charge on any atom is -0.497 e. The van der Waals surface area contributed by atoms with Gasteiger partial charge in [0.15, 0.2) is 12.4 Å². The third kappa shape index (κ3) is 5.13. The Labute approximate surface area is 180 Å². The Morgan fingerprint density at radius 1 is 1.13 bits per heavy atom. The summed E-state index contributed by atoms with van der Waals surface area (Å²) in [6.45, 7) is -0.602. The van der Waals surface area contributed by atoms with Gasteiger partial charge in [0, 0.05) is 16.1 Å². The summed E-state index contributed by atoms with van der Waals surface area (Å²) in [4.78, 5) is 16.4. The molecule has 0 fully saturated rings. The highest BCUT2D eigenvalue weighted by atomic mass is 35.5. The van der Waals surface area contributed by atoms with E-state index in [1.165, 1.54) is 49.6 Å². The van der Waals surface area contributed by atoms with Gasteiger partial charge in [-0.15, -0.1) is 0 Å². The number of ketones is 1. The van der Waals surface area contributed by atoms with Crippen molar-refractivity contribution in [3.63, 3.8) is 0 Å². The molecule has 2 aromatic carbocycles. The first kappa shape index (κ1) is 22.1. The van der Waals surface area contributed by atoms with Crippen molar-refractivity contribution in [1.82, 2.24) is 4.98 Å². The Kier molecular flexibility index (Phi) is 6.47. The molecule has 3 aromatic rings. The lowest BCUT2D eigenvalue weighted by Crippen LogP contribution is -2.16. The van der Waals surface area contributed by atoms with E-state index in [-0.39, 0.29) is 11.3 Å². The number of hydrogen-bond donors (Lipinski definition) is 0. The number of nitriles is 1. The monoisotopic (exact) mass is 446 g/mol. The van der Waals surface area contributed by atoms with Gasteiger partial charge in [-0.2, -0.15) is 18.4 Å². The number of carbonyl (C=O) groups excluding carboxylic acids is 1. The van der Waals surface area contributed by atoms with Crippen molar-refractivity contribution in [2.24, 2.45) is 0 Å². The van der Waals surface area contributed by atoms with E-state index in [1.807, 2.05) is 0 Å². The van der Waals surface area contributed by atoms with Crippen molar-refractivity contribution in [3.05, 3.63) is 76.3 Å². The lowest BCUT2D eigenvalue weighted by atomic mass is 10.0. The predicted octanol–water partition coefficient (Wildman–Crippen LogP) is 5.56. The summed E-state index contributed by atoms with van der Waals surface area (Å²) in [5.74, 6) is -0.542. The number of methoxy groups -OCH3 is 1. The summed E-state index contributed by atoms with van der Waals surface area (Å²) in [7, 11) is 1.47. The molecule has 0 aliphatic carbocycles. The fourth-order valence-corrected chi connectivity index (χ4v) is 2.85. The third-order valence-corrected chi connectivity index (χ3v) is 4.55. The van der Waals surface area contributed by atoms with Crippen LogP contribution in [0.5, 0.6) is 11.6 Å². The molecule has 1 aromatic heterocycles. The molecule has 158 valence electrons. The summed E-state index contributed by atoms with van der Waals surface area (Å²) in [5.41, 5.74) is -1.47. The van der Waals surface area contributed by atoms with Gasteiger partial charge in [-0.1, -0.05) is 23.7 Å². The van der Waals surface area contributed by atoms with Gasteiger partial charge in [0.25, 0.3) is 0 Å². The standard InChI is InChI=1S/C22H14ClF3N2O3/c1-30-16-8-4-14(5-9-16)20(29)12-31-21-17(11-27)18(22(24,25)26)10-19(28-21)13-2-6-15(23)7-3-13/h2-10H,12H2,1H3. The molecule has 5 nitrogen and oxygen atoms in total. The molecule has 0 N–H and O–H groups in total. The van der Waals surface area contributed by atoms with Crippen LogP contribution in [-0.4, -0.2) is 24.5 Å². The minimum atomic E-state index is -4.83. The average Bonchev–Trinajstić information content (AvgIpc) is 2.76. The smallest absolute Gasteiger partial charge is 0.417 e. The zero-order chi connectivity index (χ0) is 22.6. The summed E-state index contributed by atoms with van der Waals surface area (Å²) >= 11 is 5.83. The van der Waals surface area contributed by atoms with E-state index in [9.17, 15) is 23.2 Å². The first-order valence-electron chi connectivity index (χ1n) is 8.81. The van der Waals surface area contributed by atoms with Gasteiger partial charge < -0.3 is 9.47 Å². The van der Waals surface area contributed by atoms with Crippen molar-refractivity contribution >= 4 is 17.4 Å². The van der Waals surface area contributed by atoms with E-state index in [4.69, 9.17) is 21.1 Å². The number of rotatable bonds is 6. The summed E-state index contributed by atoms with van der Waals surface area (Å²) < 4.78 is 51.0. The minimum absolute atomic E-state index is 0.0742. The number of ether oxygens (including phenoxy) is 2. The number of alkyl halides is 3. The molecule has 0 bridgehead atoms. The summed E-state index contributed by atoms with van der Waals surface area (Å²) in [6.07, 6.45) is -4.83. The maximum atomic E-state index is 13.6. The fourth-order valence-electron chi connectivity index (χ4n) is 2.72. The van der Waals surface area contributed by atoms with Gasteiger partial charge in [0.1, 0.15) is 17.4 Å². The van der Waals surface area contributed by atoms with E-state index in [2.05, 4.69) is 4.98 Å². The van der Waals surface area contributed by atoms with Crippen molar-refractivity contribution in [3.8, 4) is 29.0 Å². The average molecular weight is 447 g/mol. The largest absolute Gasteiger partial charge is 0.497 e. The van der Waals surface area contributed by atoms with Crippen LogP contribution >= 0.6 is 11.6 Å². The highest BCUT2D eigenvalue weighted by Gasteiger charge is 2.36. The van der Waals surface area contributed by atoms with E-state index in [0.717, 1.165) is 6.07 Å². The Morgan fingerprint density at radius 3 is 2.32 bits per heavy atom. The van der Waals surface area contributed by atoms with E-state index >= 15 is 0 Å². The topological polar surface area (TPSA) is 72.2 Å². The Balaban J connectivity index is 1.97. The molecule has 31 heavy (non-hydrogen) atoms. The Bertz CT molecular complexity index is 1140. The van der Waals surface area contributed by atoms with Gasteiger partial charge in [0.2, 0.25) is 5.88 Å². The maximum absolute atomic E-state index is 13.6. The number of carbonyl (C=O) groups is 1. The van der Waals surface area contributed by atoms with Crippen molar-refractivity contribution in [2.45, 2.75) is 6.18 Å². The van der Waals surface area contributed by atoms with Crippen LogP contribution in [-0.2, 0) is 6.18 Å². The van der Waals surface area contributed by atoms with Gasteiger partial charge >= 0.3 is 6.18 Å². The predicted molar refractivity (Wildman–Crippen MR) is 107 cm³/mol. The highest BCUT2D eigenvalue weighted by Crippen LogP contribution is 2.37. The molecule has 0 unspecified atom stereocenters. The highest BCUT2D eigenvalue weighted by molar-refractivity contribution is 6.30. The van der Waals surface area contributed by atoms with Crippen LogP contribution in [0.4, 0.5) is 13.2 Å². The van der Waals surface area contributed by atoms with Crippen LogP contribution in [0.1, 0.15) is 21.5 Å². The van der Waals surface area contributed by atoms with E-state index in [0.29, 0.717) is 16.3 Å². The van der Waals surface area contributed by atoms with Crippen LogP contribution in [0.15, 0.2) is 54.6 Å². The number of pyridine rings is 1. The molecule has 9 heteroatoms. The van der Waals surface area contributed by atoms with Crippen LogP contribution in [0.2, 0.25) is 5.02 Å². The van der Waals surface area contributed by atoms with Gasteiger partial charge in [-0.25, -0.2) is 4.98 Å². The number of benzene rings is 2. The van der Waals surface area contributed by atoms with Crippen LogP contribution < -0.4 is 9.47 Å². The zero-order valence-corrected chi connectivity index (χ0v) is 16.8. The van der Waals surface area contributed by atoms with E-state index < -0.39 is 35.6 Å². The normalized spacial score (nSPS) is 11.0. The van der Waals surface area contributed by atoms with Gasteiger partial charge in [-0.3, -0.25) is 4.79 Å². The van der Waals surface area contributed by atoms with Crippen LogP contribution in [0, 0.1) is 11.3 Å². The molecular formula is C22H14ClF3N2O3. The molecule has 3 rings (SSSR count). The van der Waals surface area contributed by atoms with Gasteiger partial charge in [-0.05, 0) is 42.5 Å². The Hall–Kier alpha value is -3.57. The lowest BCUT2D eigenvalue weighted by Gasteiger charge is -2.15. The summed E-state index contributed by atoms with van der Waals surface area (Å²) in [6, 6.07) is 14.3. The number of aromatic nitrogens is 1. The molecule has 0 aliphatic heterocycles. The second-order valence-corrected chi connectivity index (χ2v) is 6.73. The van der Waals surface area contributed by atoms with Crippen molar-refractivity contribution < 1.29 is 27.4 Å². The second-order valence-electron chi connectivity index (χ2n) is 6.29. The van der Waals surface area contributed by atoms with Crippen molar-refractivity contribution in [2.75, 3.05) is 13.7 Å². The SMILES string of the molecule is COc1ccc(C(=O)COc2nc(-c3ccc(Cl)cc3)cc(C(F)(F)F)c2C#N)cc1. The quantitative estimate of drug-likeness (QED) is 0.463. The third-order valence-electron chi connectivity index (χ3n) is 4.30. The van der Waals surface area contributed by atoms with Gasteiger partial charge in [0.05, 0.1) is 18.4 Å². The first-order valence-corrected chi connectivity index (χ1v) is 9.19. The Morgan fingerprint density at radius 2 is 1.77 bits per heavy atom. The summed E-state index contributed by atoms with van der Waals surface area (Å²) in [5, 5.41) is 9.71. The van der Waals surface area contributed by atoms with E-state index in [1.54, 1.807) is 12.1 Å². The molecular weight excluding hydrogens is 433 g/mol. The fraction of sp³-hybridized carbons (Fsp3) is 0.136. The van der Waals surface area contributed by atoms with Crippen LogP contribution in [0.3, 0.4) is 0 Å². The van der Waals surface area contributed by atoms with Crippen molar-refractivity contribution in [1.29, 1.82) is 5.26 Å². The molecule has 0 spiro atoms. The number of nitrogens with zero attached hydrogens (tertiary/aromatic N) is 2. The number of hydrogen-bond acceptors (Lipinski definition) is 5. The number of halogens is 4. The first-order chi connectivity index (χ1) is 14.7. The molecule has 0 amide bonds.